The molecule has 0 radical (unpaired) electrons. The average molecular weight is 256 g/mol. The molecule has 0 aromatic heterocycles. The highest BCUT2D eigenvalue weighted by molar-refractivity contribution is 6.30. The molecule has 17 heavy (non-hydrogen) atoms. The predicted molar refractivity (Wildman–Crippen MR) is 69.9 cm³/mol. The first-order chi connectivity index (χ1) is 8.02. The zero-order valence-electron chi connectivity index (χ0n) is 10.4. The molecule has 94 valence electrons. The maximum absolute atomic E-state index is 13.8. The van der Waals surface area contributed by atoms with Crippen molar-refractivity contribution in [2.75, 3.05) is 7.05 Å². The largest absolute Gasteiger partial charge is 0.317 e. The summed E-state index contributed by atoms with van der Waals surface area (Å²) in [5.74, 6) is -0.174. The standard InChI is InChI=1S/C14H19ClFN/c1-14(6-5-12(9-14)17-2)8-10-3-4-11(15)7-13(10)16/h3-4,7,12,17H,5-6,8-9H2,1-2H3. The Bertz CT molecular complexity index is 407. The van der Waals surface area contributed by atoms with Gasteiger partial charge in [-0.1, -0.05) is 24.6 Å². The molecule has 1 fully saturated rings. The normalized spacial score (nSPS) is 28.6. The molecule has 1 aliphatic carbocycles. The molecule has 1 saturated carbocycles. The van der Waals surface area contributed by atoms with Gasteiger partial charge in [0, 0.05) is 11.1 Å². The lowest BCUT2D eigenvalue weighted by atomic mass is 9.82. The Hall–Kier alpha value is -0.600. The van der Waals surface area contributed by atoms with Crippen LogP contribution in [0.15, 0.2) is 18.2 Å². The molecule has 1 nitrogen and oxygen atoms in total. The molecule has 1 aromatic carbocycles. The van der Waals surface area contributed by atoms with E-state index in [4.69, 9.17) is 11.6 Å². The molecule has 0 saturated heterocycles. The number of hydrogen-bond acceptors (Lipinski definition) is 1. The van der Waals surface area contributed by atoms with Crippen LogP contribution >= 0.6 is 11.6 Å². The van der Waals surface area contributed by atoms with Crippen LogP contribution in [0.1, 0.15) is 31.7 Å². The minimum Gasteiger partial charge on any atom is -0.317 e. The van der Waals surface area contributed by atoms with Crippen LogP contribution in [0.4, 0.5) is 4.39 Å². The van der Waals surface area contributed by atoms with Gasteiger partial charge in [0.15, 0.2) is 0 Å². The van der Waals surface area contributed by atoms with E-state index in [2.05, 4.69) is 12.2 Å². The van der Waals surface area contributed by atoms with Crippen molar-refractivity contribution in [3.8, 4) is 0 Å². The van der Waals surface area contributed by atoms with Gasteiger partial charge < -0.3 is 5.32 Å². The molecular weight excluding hydrogens is 237 g/mol. The molecule has 1 aromatic rings. The van der Waals surface area contributed by atoms with Gasteiger partial charge in [-0.15, -0.1) is 0 Å². The van der Waals surface area contributed by atoms with E-state index in [9.17, 15) is 4.39 Å². The van der Waals surface area contributed by atoms with E-state index in [1.54, 1.807) is 6.07 Å². The van der Waals surface area contributed by atoms with E-state index in [0.29, 0.717) is 11.1 Å². The Morgan fingerprint density at radius 2 is 2.29 bits per heavy atom. The van der Waals surface area contributed by atoms with Crippen molar-refractivity contribution in [1.82, 2.24) is 5.32 Å². The van der Waals surface area contributed by atoms with Crippen LogP contribution in [0.3, 0.4) is 0 Å². The lowest BCUT2D eigenvalue weighted by molar-refractivity contribution is 0.320. The molecule has 1 aliphatic rings. The summed E-state index contributed by atoms with van der Waals surface area (Å²) in [5.41, 5.74) is 0.996. The molecule has 0 aliphatic heterocycles. The van der Waals surface area contributed by atoms with Gasteiger partial charge in [0.1, 0.15) is 5.82 Å². The van der Waals surface area contributed by atoms with Crippen molar-refractivity contribution < 1.29 is 4.39 Å². The summed E-state index contributed by atoms with van der Waals surface area (Å²) in [7, 11) is 2.00. The van der Waals surface area contributed by atoms with Crippen molar-refractivity contribution >= 4 is 11.6 Å². The summed E-state index contributed by atoms with van der Waals surface area (Å²) in [6, 6.07) is 5.57. The highest BCUT2D eigenvalue weighted by atomic mass is 35.5. The zero-order valence-corrected chi connectivity index (χ0v) is 11.1. The Kier molecular flexibility index (Phi) is 3.74. The second-order valence-corrected chi connectivity index (χ2v) is 5.89. The van der Waals surface area contributed by atoms with Crippen molar-refractivity contribution in [1.29, 1.82) is 0 Å². The lowest BCUT2D eigenvalue weighted by Crippen LogP contribution is -2.24. The Balaban J connectivity index is 2.10. The lowest BCUT2D eigenvalue weighted by Gasteiger charge is -2.24. The van der Waals surface area contributed by atoms with Crippen LogP contribution < -0.4 is 5.32 Å². The monoisotopic (exact) mass is 255 g/mol. The maximum Gasteiger partial charge on any atom is 0.127 e. The molecular formula is C14H19ClFN. The number of halogens is 2. The second-order valence-electron chi connectivity index (χ2n) is 5.45. The van der Waals surface area contributed by atoms with Gasteiger partial charge in [0.2, 0.25) is 0 Å². The number of rotatable bonds is 3. The Labute approximate surface area is 107 Å². The average Bonchev–Trinajstić information content (AvgIpc) is 2.65. The van der Waals surface area contributed by atoms with Crippen molar-refractivity contribution in [3.05, 3.63) is 34.6 Å². The first-order valence-corrected chi connectivity index (χ1v) is 6.51. The third kappa shape index (κ3) is 2.99. The molecule has 0 spiro atoms. The van der Waals surface area contributed by atoms with Crippen LogP contribution in [-0.2, 0) is 6.42 Å². The minimum absolute atomic E-state index is 0.174. The third-order valence-corrected chi connectivity index (χ3v) is 4.11. The van der Waals surface area contributed by atoms with Crippen LogP contribution in [0.25, 0.3) is 0 Å². The van der Waals surface area contributed by atoms with E-state index in [1.807, 2.05) is 13.1 Å². The van der Waals surface area contributed by atoms with Crippen LogP contribution in [0.2, 0.25) is 5.02 Å². The third-order valence-electron chi connectivity index (χ3n) is 3.88. The van der Waals surface area contributed by atoms with E-state index >= 15 is 0 Å². The summed E-state index contributed by atoms with van der Waals surface area (Å²) >= 11 is 5.76. The quantitative estimate of drug-likeness (QED) is 0.866. The summed E-state index contributed by atoms with van der Waals surface area (Å²) < 4.78 is 13.8. The number of nitrogens with one attached hydrogen (secondary N) is 1. The van der Waals surface area contributed by atoms with Crippen LogP contribution in [0, 0.1) is 11.2 Å². The second kappa shape index (κ2) is 4.95. The van der Waals surface area contributed by atoms with Gasteiger partial charge in [-0.05, 0) is 55.8 Å². The predicted octanol–water partition coefficient (Wildman–Crippen LogP) is 3.80. The summed E-state index contributed by atoms with van der Waals surface area (Å²) in [6.07, 6.45) is 4.25. The summed E-state index contributed by atoms with van der Waals surface area (Å²) in [4.78, 5) is 0. The van der Waals surface area contributed by atoms with Crippen molar-refractivity contribution in [2.24, 2.45) is 5.41 Å². The smallest absolute Gasteiger partial charge is 0.127 e. The van der Waals surface area contributed by atoms with E-state index in [0.717, 1.165) is 24.8 Å². The summed E-state index contributed by atoms with van der Waals surface area (Å²) in [6.45, 7) is 2.25. The molecule has 0 amide bonds. The van der Waals surface area contributed by atoms with E-state index in [-0.39, 0.29) is 11.2 Å². The van der Waals surface area contributed by atoms with Crippen LogP contribution in [0.5, 0.6) is 0 Å². The molecule has 0 heterocycles. The highest BCUT2D eigenvalue weighted by Gasteiger charge is 2.34. The SMILES string of the molecule is CNC1CCC(C)(Cc2ccc(Cl)cc2F)C1. The summed E-state index contributed by atoms with van der Waals surface area (Å²) in [5, 5.41) is 3.78. The van der Waals surface area contributed by atoms with E-state index < -0.39 is 0 Å². The fourth-order valence-electron chi connectivity index (χ4n) is 2.85. The molecule has 0 bridgehead atoms. The fourth-order valence-corrected chi connectivity index (χ4v) is 3.01. The number of benzene rings is 1. The maximum atomic E-state index is 13.8. The van der Waals surface area contributed by atoms with Gasteiger partial charge in [-0.2, -0.15) is 0 Å². The van der Waals surface area contributed by atoms with Crippen LogP contribution in [-0.4, -0.2) is 13.1 Å². The first kappa shape index (κ1) is 12.8. The highest BCUT2D eigenvalue weighted by Crippen LogP contribution is 2.41. The topological polar surface area (TPSA) is 12.0 Å². The first-order valence-electron chi connectivity index (χ1n) is 6.14. The van der Waals surface area contributed by atoms with Crippen molar-refractivity contribution in [2.45, 2.75) is 38.6 Å². The van der Waals surface area contributed by atoms with E-state index in [1.165, 1.54) is 12.5 Å². The van der Waals surface area contributed by atoms with Crippen molar-refractivity contribution in [3.63, 3.8) is 0 Å². The minimum atomic E-state index is -0.174. The van der Waals surface area contributed by atoms with Gasteiger partial charge in [0.25, 0.3) is 0 Å². The van der Waals surface area contributed by atoms with Gasteiger partial charge >= 0.3 is 0 Å². The molecule has 2 rings (SSSR count). The fraction of sp³-hybridized carbons (Fsp3) is 0.571. The van der Waals surface area contributed by atoms with Gasteiger partial charge in [-0.25, -0.2) is 4.39 Å². The Morgan fingerprint density at radius 1 is 1.53 bits per heavy atom. The molecule has 1 N–H and O–H groups in total. The van der Waals surface area contributed by atoms with Gasteiger partial charge in [-0.3, -0.25) is 0 Å². The van der Waals surface area contributed by atoms with Gasteiger partial charge in [0.05, 0.1) is 0 Å². The molecule has 2 atom stereocenters. The number of hydrogen-bond donors (Lipinski definition) is 1. The molecule has 3 heteroatoms. The molecule has 2 unspecified atom stereocenters. The zero-order chi connectivity index (χ0) is 12.5. The Morgan fingerprint density at radius 3 is 2.88 bits per heavy atom.